The number of benzene rings is 3. The molecule has 0 radical (unpaired) electrons. The zero-order valence-corrected chi connectivity index (χ0v) is 22.6. The number of aromatic amines is 1. The smallest absolute Gasteiger partial charge is 0.306 e. The first-order chi connectivity index (χ1) is 19.7. The maximum atomic E-state index is 12.6. The van der Waals surface area contributed by atoms with Gasteiger partial charge in [0.2, 0.25) is 0 Å². The van der Waals surface area contributed by atoms with Crippen LogP contribution in [0.4, 0.5) is 0 Å². The third kappa shape index (κ3) is 4.74. The van der Waals surface area contributed by atoms with Gasteiger partial charge in [-0.1, -0.05) is 66.7 Å². The normalized spacial score (nSPS) is 14.6. The van der Waals surface area contributed by atoms with E-state index in [0.29, 0.717) is 5.82 Å². The number of piperidine rings is 1. The predicted octanol–water partition coefficient (Wildman–Crippen LogP) is 5.81. The zero-order valence-electron chi connectivity index (χ0n) is 21.8. The number of H-pyrrole nitrogens is 1. The fourth-order valence-electron chi connectivity index (χ4n) is 5.55. The second kappa shape index (κ2) is 10.6. The third-order valence-electron chi connectivity index (χ3n) is 7.57. The summed E-state index contributed by atoms with van der Waals surface area (Å²) in [4.78, 5) is 28.0. The molecule has 7 rings (SSSR count). The molecule has 0 aliphatic carbocycles. The standard InChI is InChI=1S/C31H27N7OS/c39-31-33-25-8-4-5-9-26(25)38(31)24-14-16-37(17-15-24)19-21-10-12-23(13-11-21)29-28(22-6-2-1-3-7-22)34-30(36-35-29)27-18-32-20-40-27/h1-13,18,20,24H,14-17,19H2,(H,33,39). The maximum absolute atomic E-state index is 12.6. The number of aromatic nitrogens is 6. The average Bonchev–Trinajstić information content (AvgIpc) is 3.66. The van der Waals surface area contributed by atoms with Gasteiger partial charge in [-0.05, 0) is 30.5 Å². The predicted molar refractivity (Wildman–Crippen MR) is 158 cm³/mol. The Bertz CT molecular complexity index is 1800. The number of nitrogens with one attached hydrogen (secondary N) is 1. The van der Waals surface area contributed by atoms with Gasteiger partial charge in [0.05, 0.1) is 21.4 Å². The van der Waals surface area contributed by atoms with E-state index in [9.17, 15) is 4.79 Å². The second-order valence-corrected chi connectivity index (χ2v) is 11.0. The van der Waals surface area contributed by atoms with Gasteiger partial charge in [-0.3, -0.25) is 14.5 Å². The molecule has 1 saturated heterocycles. The molecule has 1 fully saturated rings. The van der Waals surface area contributed by atoms with Gasteiger partial charge >= 0.3 is 5.69 Å². The number of hydrogen-bond acceptors (Lipinski definition) is 7. The molecule has 3 aromatic heterocycles. The van der Waals surface area contributed by atoms with Gasteiger partial charge in [0.1, 0.15) is 11.4 Å². The SMILES string of the molecule is O=c1[nH]c2ccccc2n1C1CCN(Cc2ccc(-c3nnc(-c4cncs4)nc3-c3ccccc3)cc2)CC1. The maximum Gasteiger partial charge on any atom is 0.326 e. The lowest BCUT2D eigenvalue weighted by Gasteiger charge is -2.32. The van der Waals surface area contributed by atoms with Crippen molar-refractivity contribution in [3.63, 3.8) is 0 Å². The number of para-hydroxylation sites is 2. The Morgan fingerprint density at radius 2 is 1.60 bits per heavy atom. The van der Waals surface area contributed by atoms with Crippen molar-refractivity contribution in [1.82, 2.24) is 34.6 Å². The summed E-state index contributed by atoms with van der Waals surface area (Å²) in [6, 6.07) is 26.8. The molecular weight excluding hydrogens is 518 g/mol. The van der Waals surface area contributed by atoms with Gasteiger partial charge in [0.15, 0.2) is 5.82 Å². The van der Waals surface area contributed by atoms with Crippen LogP contribution in [0.2, 0.25) is 0 Å². The minimum atomic E-state index is -0.0113. The van der Waals surface area contributed by atoms with Crippen LogP contribution in [-0.2, 0) is 6.54 Å². The Kier molecular flexibility index (Phi) is 6.51. The van der Waals surface area contributed by atoms with Crippen LogP contribution in [0, 0.1) is 0 Å². The summed E-state index contributed by atoms with van der Waals surface area (Å²) in [6.45, 7) is 2.77. The van der Waals surface area contributed by atoms with E-state index in [0.717, 1.165) is 70.9 Å². The van der Waals surface area contributed by atoms with Crippen LogP contribution < -0.4 is 5.69 Å². The molecule has 3 aromatic carbocycles. The van der Waals surface area contributed by atoms with Crippen LogP contribution in [-0.4, -0.2) is 47.7 Å². The summed E-state index contributed by atoms with van der Waals surface area (Å²) >= 11 is 1.50. The molecule has 9 heteroatoms. The van der Waals surface area contributed by atoms with Crippen molar-refractivity contribution in [2.75, 3.05) is 13.1 Å². The van der Waals surface area contributed by atoms with E-state index in [1.807, 2.05) is 59.2 Å². The molecule has 0 spiro atoms. The molecule has 0 unspecified atom stereocenters. The number of hydrogen-bond donors (Lipinski definition) is 1. The van der Waals surface area contributed by atoms with Crippen molar-refractivity contribution in [3.05, 3.63) is 107 Å². The summed E-state index contributed by atoms with van der Waals surface area (Å²) in [5.74, 6) is 0.583. The molecule has 4 heterocycles. The van der Waals surface area contributed by atoms with E-state index in [-0.39, 0.29) is 11.7 Å². The minimum Gasteiger partial charge on any atom is -0.306 e. The number of imidazole rings is 1. The first-order valence-corrected chi connectivity index (χ1v) is 14.3. The third-order valence-corrected chi connectivity index (χ3v) is 8.34. The van der Waals surface area contributed by atoms with Crippen LogP contribution >= 0.6 is 11.3 Å². The highest BCUT2D eigenvalue weighted by molar-refractivity contribution is 7.13. The molecule has 0 atom stereocenters. The van der Waals surface area contributed by atoms with Gasteiger partial charge in [0, 0.05) is 43.0 Å². The van der Waals surface area contributed by atoms with E-state index in [1.165, 1.54) is 16.9 Å². The number of nitrogens with zero attached hydrogens (tertiary/aromatic N) is 6. The Hall–Kier alpha value is -4.47. The quantitative estimate of drug-likeness (QED) is 0.284. The fraction of sp³-hybridized carbons (Fsp3) is 0.194. The summed E-state index contributed by atoms with van der Waals surface area (Å²) in [5, 5.41) is 9.04. The van der Waals surface area contributed by atoms with Crippen LogP contribution in [0.25, 0.3) is 44.2 Å². The molecule has 0 amide bonds. The van der Waals surface area contributed by atoms with Crippen LogP contribution in [0.3, 0.4) is 0 Å². The van der Waals surface area contributed by atoms with Crippen molar-refractivity contribution < 1.29 is 0 Å². The average molecular weight is 546 g/mol. The van der Waals surface area contributed by atoms with Gasteiger partial charge in [0.25, 0.3) is 0 Å². The van der Waals surface area contributed by atoms with Crippen LogP contribution in [0.1, 0.15) is 24.4 Å². The minimum absolute atomic E-state index is 0.0113. The molecule has 6 aromatic rings. The van der Waals surface area contributed by atoms with Gasteiger partial charge in [-0.15, -0.1) is 21.5 Å². The monoisotopic (exact) mass is 545 g/mol. The molecule has 40 heavy (non-hydrogen) atoms. The lowest BCUT2D eigenvalue weighted by molar-refractivity contribution is 0.180. The largest absolute Gasteiger partial charge is 0.326 e. The molecule has 198 valence electrons. The number of fused-ring (bicyclic) bond motifs is 1. The summed E-state index contributed by atoms with van der Waals surface area (Å²) in [5.41, 5.74) is 8.46. The van der Waals surface area contributed by atoms with Crippen molar-refractivity contribution in [2.45, 2.75) is 25.4 Å². The van der Waals surface area contributed by atoms with Crippen molar-refractivity contribution in [3.8, 4) is 33.2 Å². The van der Waals surface area contributed by atoms with E-state index >= 15 is 0 Å². The molecule has 8 nitrogen and oxygen atoms in total. The van der Waals surface area contributed by atoms with E-state index in [1.54, 1.807) is 11.7 Å². The number of rotatable bonds is 6. The molecule has 1 N–H and O–H groups in total. The first kappa shape index (κ1) is 24.6. The second-order valence-electron chi connectivity index (χ2n) is 10.1. The highest BCUT2D eigenvalue weighted by Gasteiger charge is 2.24. The summed E-state index contributed by atoms with van der Waals surface area (Å²) in [6.07, 6.45) is 3.67. The van der Waals surface area contributed by atoms with Gasteiger partial charge in [-0.25, -0.2) is 9.78 Å². The number of thiazole rings is 1. The molecule has 1 aliphatic rings. The molecule has 1 aliphatic heterocycles. The Balaban J connectivity index is 1.08. The van der Waals surface area contributed by atoms with E-state index in [4.69, 9.17) is 4.98 Å². The highest BCUT2D eigenvalue weighted by Crippen LogP contribution is 2.31. The number of likely N-dealkylation sites (tertiary alicyclic amines) is 1. The highest BCUT2D eigenvalue weighted by atomic mass is 32.1. The van der Waals surface area contributed by atoms with Crippen molar-refractivity contribution in [2.24, 2.45) is 0 Å². The van der Waals surface area contributed by atoms with Crippen LogP contribution in [0.15, 0.2) is 95.4 Å². The lowest BCUT2D eigenvalue weighted by Crippen LogP contribution is -2.36. The molecule has 0 saturated carbocycles. The first-order valence-electron chi connectivity index (χ1n) is 13.4. The van der Waals surface area contributed by atoms with E-state index in [2.05, 4.69) is 49.3 Å². The van der Waals surface area contributed by atoms with Gasteiger partial charge in [-0.2, -0.15) is 0 Å². The van der Waals surface area contributed by atoms with E-state index < -0.39 is 0 Å². The summed E-state index contributed by atoms with van der Waals surface area (Å²) in [7, 11) is 0. The van der Waals surface area contributed by atoms with Crippen molar-refractivity contribution >= 4 is 22.4 Å². The fourth-order valence-corrected chi connectivity index (χ4v) is 6.10. The zero-order chi connectivity index (χ0) is 26.9. The van der Waals surface area contributed by atoms with Gasteiger partial charge < -0.3 is 4.98 Å². The van der Waals surface area contributed by atoms with Crippen molar-refractivity contribution in [1.29, 1.82) is 0 Å². The Morgan fingerprint density at radius 3 is 2.38 bits per heavy atom. The summed E-state index contributed by atoms with van der Waals surface area (Å²) < 4.78 is 1.95. The lowest BCUT2D eigenvalue weighted by atomic mass is 10.0. The van der Waals surface area contributed by atoms with Crippen LogP contribution in [0.5, 0.6) is 0 Å². The Labute approximate surface area is 235 Å². The molecule has 0 bridgehead atoms. The molecular formula is C31H27N7OS. The topological polar surface area (TPSA) is 92.6 Å². The Morgan fingerprint density at radius 1 is 0.850 bits per heavy atom.